The normalized spacial score (nSPS) is 11.6. The molecule has 0 bridgehead atoms. The summed E-state index contributed by atoms with van der Waals surface area (Å²) < 4.78 is 4.80. The lowest BCUT2D eigenvalue weighted by molar-refractivity contribution is 1.07. The third kappa shape index (κ3) is 7.57. The first-order valence-corrected chi connectivity index (χ1v) is 25.4. The number of hydrogen-bond donors (Lipinski definition) is 0. The van der Waals surface area contributed by atoms with Gasteiger partial charge in [0.2, 0.25) is 0 Å². The van der Waals surface area contributed by atoms with Crippen LogP contribution in [0.1, 0.15) is 33.4 Å². The SMILES string of the molecule is Cc1cc(C)c(-c2ccc3c(c2)c2ccccc2n3-c2ccnc(-c3cc(-c4nc(-c5ccccc5)nc(-c5ccccc5)n4)ccc3-n3c4ccccc4c4cc(-c5c(C)cc(C)cc5C)ccc43)c2)c(C)c1. The molecule has 4 heterocycles. The van der Waals surface area contributed by atoms with E-state index in [0.717, 1.165) is 61.4 Å². The van der Waals surface area contributed by atoms with Gasteiger partial charge in [0.25, 0.3) is 0 Å². The second kappa shape index (κ2) is 17.8. The summed E-state index contributed by atoms with van der Waals surface area (Å²) in [5.41, 5.74) is 23.6. The molecule has 4 aromatic heterocycles. The molecule has 6 nitrogen and oxygen atoms in total. The van der Waals surface area contributed by atoms with E-state index < -0.39 is 0 Å². The molecule has 9 aromatic carbocycles. The van der Waals surface area contributed by atoms with Gasteiger partial charge >= 0.3 is 0 Å². The van der Waals surface area contributed by atoms with E-state index in [9.17, 15) is 0 Å². The molecule has 13 rings (SSSR count). The lowest BCUT2D eigenvalue weighted by atomic mass is 9.93. The molecule has 0 spiro atoms. The molecular weight excluding hydrogens is 901 g/mol. The molecule has 0 N–H and O–H groups in total. The second-order valence-electron chi connectivity index (χ2n) is 19.9. The van der Waals surface area contributed by atoms with Crippen LogP contribution in [-0.4, -0.2) is 29.1 Å². The molecule has 354 valence electrons. The van der Waals surface area contributed by atoms with Gasteiger partial charge in [-0.05, 0) is 153 Å². The molecule has 13 aromatic rings. The molecule has 0 atom stereocenters. The fraction of sp³-hybridized carbons (Fsp3) is 0.0882. The minimum atomic E-state index is 0.578. The molecule has 0 amide bonds. The van der Waals surface area contributed by atoms with Gasteiger partial charge in [-0.3, -0.25) is 4.98 Å². The number of nitrogens with zero attached hydrogens (tertiary/aromatic N) is 6. The first kappa shape index (κ1) is 44.7. The summed E-state index contributed by atoms with van der Waals surface area (Å²) >= 11 is 0. The van der Waals surface area contributed by atoms with E-state index in [-0.39, 0.29) is 0 Å². The summed E-state index contributed by atoms with van der Waals surface area (Å²) in [4.78, 5) is 20.7. The quantitative estimate of drug-likeness (QED) is 0.152. The Hall–Kier alpha value is -9.26. The second-order valence-corrected chi connectivity index (χ2v) is 19.9. The smallest absolute Gasteiger partial charge is 0.164 e. The minimum Gasteiger partial charge on any atom is -0.309 e. The van der Waals surface area contributed by atoms with Gasteiger partial charge in [0.05, 0.1) is 33.4 Å². The molecule has 0 saturated carbocycles. The highest BCUT2D eigenvalue weighted by Crippen LogP contribution is 2.42. The summed E-state index contributed by atoms with van der Waals surface area (Å²) in [5.74, 6) is 1.80. The zero-order valence-corrected chi connectivity index (χ0v) is 42.3. The highest BCUT2D eigenvalue weighted by atomic mass is 15.0. The van der Waals surface area contributed by atoms with Gasteiger partial charge in [-0.1, -0.05) is 145 Å². The van der Waals surface area contributed by atoms with Crippen LogP contribution < -0.4 is 0 Å². The largest absolute Gasteiger partial charge is 0.309 e. The van der Waals surface area contributed by atoms with Crippen molar-refractivity contribution in [3.63, 3.8) is 0 Å². The summed E-state index contributed by atoms with van der Waals surface area (Å²) in [6, 6.07) is 71.8. The predicted octanol–water partition coefficient (Wildman–Crippen LogP) is 17.3. The molecule has 0 radical (unpaired) electrons. The maximum atomic E-state index is 5.26. The summed E-state index contributed by atoms with van der Waals surface area (Å²) in [6.45, 7) is 13.2. The van der Waals surface area contributed by atoms with E-state index in [4.69, 9.17) is 19.9 Å². The lowest BCUT2D eigenvalue weighted by Gasteiger charge is -2.17. The zero-order valence-electron chi connectivity index (χ0n) is 42.3. The number of aryl methyl sites for hydroxylation is 6. The van der Waals surface area contributed by atoms with Crippen molar-refractivity contribution in [2.45, 2.75) is 41.5 Å². The number of rotatable bonds is 8. The first-order chi connectivity index (χ1) is 36.1. The molecule has 0 aliphatic rings. The number of para-hydroxylation sites is 2. The molecular formula is C68H52N6. The van der Waals surface area contributed by atoms with Gasteiger partial charge in [-0.15, -0.1) is 0 Å². The van der Waals surface area contributed by atoms with Crippen LogP contribution in [0, 0.1) is 41.5 Å². The Balaban J connectivity index is 1.05. The van der Waals surface area contributed by atoms with Gasteiger partial charge < -0.3 is 9.13 Å². The van der Waals surface area contributed by atoms with Crippen molar-refractivity contribution < 1.29 is 0 Å². The maximum Gasteiger partial charge on any atom is 0.164 e. The van der Waals surface area contributed by atoms with Crippen LogP contribution in [0.4, 0.5) is 0 Å². The Morgan fingerprint density at radius 2 is 0.757 bits per heavy atom. The van der Waals surface area contributed by atoms with E-state index >= 15 is 0 Å². The van der Waals surface area contributed by atoms with Crippen LogP contribution in [-0.2, 0) is 0 Å². The first-order valence-electron chi connectivity index (χ1n) is 25.4. The zero-order chi connectivity index (χ0) is 50.2. The fourth-order valence-corrected chi connectivity index (χ4v) is 11.8. The van der Waals surface area contributed by atoms with E-state index in [1.54, 1.807) is 0 Å². The maximum absolute atomic E-state index is 5.26. The number of benzene rings is 9. The summed E-state index contributed by atoms with van der Waals surface area (Å²) in [6.07, 6.45) is 1.95. The molecule has 0 saturated heterocycles. The number of hydrogen-bond acceptors (Lipinski definition) is 4. The monoisotopic (exact) mass is 952 g/mol. The third-order valence-corrected chi connectivity index (χ3v) is 14.7. The van der Waals surface area contributed by atoms with E-state index in [0.29, 0.717) is 17.5 Å². The molecule has 0 aliphatic carbocycles. The molecule has 74 heavy (non-hydrogen) atoms. The van der Waals surface area contributed by atoms with Crippen LogP contribution in [0.2, 0.25) is 0 Å². The Morgan fingerprint density at radius 1 is 0.324 bits per heavy atom. The Labute approximate surface area is 431 Å². The van der Waals surface area contributed by atoms with Crippen molar-refractivity contribution in [3.05, 3.63) is 240 Å². The van der Waals surface area contributed by atoms with Crippen LogP contribution >= 0.6 is 0 Å². The van der Waals surface area contributed by atoms with Crippen LogP contribution in [0.3, 0.4) is 0 Å². The molecule has 0 unspecified atom stereocenters. The average Bonchev–Trinajstić information content (AvgIpc) is 3.93. The molecule has 0 fully saturated rings. The van der Waals surface area contributed by atoms with Crippen molar-refractivity contribution in [2.75, 3.05) is 0 Å². The van der Waals surface area contributed by atoms with Crippen LogP contribution in [0.5, 0.6) is 0 Å². The molecule has 6 heteroatoms. The van der Waals surface area contributed by atoms with Gasteiger partial charge in [0.15, 0.2) is 17.5 Å². The summed E-state index contributed by atoms with van der Waals surface area (Å²) in [5, 5.41) is 4.78. The predicted molar refractivity (Wildman–Crippen MR) is 307 cm³/mol. The third-order valence-electron chi connectivity index (χ3n) is 14.7. The Kier molecular flexibility index (Phi) is 10.7. The van der Waals surface area contributed by atoms with Gasteiger partial charge in [0, 0.05) is 55.7 Å². The van der Waals surface area contributed by atoms with Crippen molar-refractivity contribution in [2.24, 2.45) is 0 Å². The number of pyridine rings is 1. The number of fused-ring (bicyclic) bond motifs is 6. The van der Waals surface area contributed by atoms with Crippen molar-refractivity contribution in [1.82, 2.24) is 29.1 Å². The van der Waals surface area contributed by atoms with E-state index in [1.807, 2.05) is 66.9 Å². The Bertz CT molecular complexity index is 4270. The fourth-order valence-electron chi connectivity index (χ4n) is 11.8. The topological polar surface area (TPSA) is 61.4 Å². The van der Waals surface area contributed by atoms with Gasteiger partial charge in [0.1, 0.15) is 0 Å². The number of aromatic nitrogens is 6. The summed E-state index contributed by atoms with van der Waals surface area (Å²) in [7, 11) is 0. The van der Waals surface area contributed by atoms with Crippen molar-refractivity contribution >= 4 is 43.6 Å². The average molecular weight is 953 g/mol. The van der Waals surface area contributed by atoms with Crippen LogP contribution in [0.25, 0.3) is 123 Å². The van der Waals surface area contributed by atoms with Crippen molar-refractivity contribution in [1.29, 1.82) is 0 Å². The standard InChI is InChI=1S/C68H52N6/c1-41-33-43(3)64(44(4)34-41)49-25-28-61-55(37-49)53-21-13-15-23-59(53)73(61)52-31-32-69-58(40-52)57-39-51(68-71-66(47-17-9-7-10-18-47)70-67(72-68)48-19-11-8-12-20-48)27-30-63(57)74-60-24-16-14-22-54(60)56-38-50(26-29-62(56)74)65-45(5)35-42(2)36-46(65)6/h7-40H,1-6H3. The van der Waals surface area contributed by atoms with Crippen LogP contribution in [0.15, 0.2) is 206 Å². The van der Waals surface area contributed by atoms with E-state index in [1.165, 1.54) is 77.2 Å². The minimum absolute atomic E-state index is 0.578. The Morgan fingerprint density at radius 3 is 1.28 bits per heavy atom. The highest BCUT2D eigenvalue weighted by Gasteiger charge is 2.22. The van der Waals surface area contributed by atoms with Crippen molar-refractivity contribution in [3.8, 4) is 79.0 Å². The highest BCUT2D eigenvalue weighted by molar-refractivity contribution is 6.12. The lowest BCUT2D eigenvalue weighted by Crippen LogP contribution is -2.03. The van der Waals surface area contributed by atoms with Gasteiger partial charge in [-0.2, -0.15) is 0 Å². The molecule has 0 aliphatic heterocycles. The van der Waals surface area contributed by atoms with E-state index in [2.05, 4.69) is 190 Å². The van der Waals surface area contributed by atoms with Gasteiger partial charge in [-0.25, -0.2) is 15.0 Å².